The lowest BCUT2D eigenvalue weighted by molar-refractivity contribution is 0.0455. The van der Waals surface area contributed by atoms with E-state index in [-0.39, 0.29) is 0 Å². The second-order valence-corrected chi connectivity index (χ2v) is 11.8. The van der Waals surface area contributed by atoms with Crippen LogP contribution in [0.15, 0.2) is 0 Å². The lowest BCUT2D eigenvalue weighted by Gasteiger charge is -2.25. The molecule has 0 amide bonds. The molecule has 0 aliphatic rings. The van der Waals surface area contributed by atoms with E-state index in [4.69, 9.17) is 0 Å². The Morgan fingerprint density at radius 1 is 0.236 bits per heavy atom. The van der Waals surface area contributed by atoms with Crippen LogP contribution in [0.2, 0.25) is 0 Å². The first kappa shape index (κ1) is 43.8. The van der Waals surface area contributed by atoms with E-state index in [0.29, 0.717) is 0 Å². The molecule has 0 N–H and O–H groups in total. The van der Waals surface area contributed by atoms with Gasteiger partial charge in [0.05, 0.1) is 10.3 Å². The third kappa shape index (κ3) is 8.60. The fourth-order valence-corrected chi connectivity index (χ4v) is 5.06. The zero-order chi connectivity index (χ0) is 41.4. The molecule has 0 unspecified atom stereocenters. The Hall–Kier alpha value is -3.89. The van der Waals surface area contributed by atoms with Crippen LogP contribution < -0.4 is 21.9 Å². The SMILES string of the molecule is Fc1c(F)c(F)c([B]O[CH](O[B]c2c(F)c(F)c(F)c(F)c2F)[AlH][CH](O[B]c2c(F)c(F)c(F)c(F)c2F)O[B]c2c(F)c(F)c(F)c(F)c2F)c(F)c1F. The van der Waals surface area contributed by atoms with Crippen molar-refractivity contribution >= 4 is 67.0 Å². The maximum atomic E-state index is 14.3. The summed E-state index contributed by atoms with van der Waals surface area (Å²) in [6.45, 7) is 0. The summed E-state index contributed by atoms with van der Waals surface area (Å²) in [5, 5.41) is -5.44. The van der Waals surface area contributed by atoms with Crippen molar-refractivity contribution in [1.82, 2.24) is 0 Å². The lowest BCUT2D eigenvalue weighted by Crippen LogP contribution is -2.46. The van der Waals surface area contributed by atoms with Gasteiger partial charge < -0.3 is 18.6 Å². The topological polar surface area (TPSA) is 36.9 Å². The van der Waals surface area contributed by atoms with Gasteiger partial charge in [0.25, 0.3) is 0 Å². The lowest BCUT2D eigenvalue weighted by atomic mass is 9.86. The van der Waals surface area contributed by atoms with Gasteiger partial charge in [0.15, 0.2) is 116 Å². The highest BCUT2D eigenvalue weighted by atomic mass is 27.1. The van der Waals surface area contributed by atoms with Crippen LogP contribution in [0.4, 0.5) is 87.8 Å². The van der Waals surface area contributed by atoms with Crippen molar-refractivity contribution in [3.63, 3.8) is 0 Å². The summed E-state index contributed by atoms with van der Waals surface area (Å²) >= 11 is -3.47. The zero-order valence-corrected chi connectivity index (χ0v) is 26.8. The summed E-state index contributed by atoms with van der Waals surface area (Å²) in [7, 11) is -1.62. The fraction of sp³-hybridized carbons (Fsp3) is 0.0769. The minimum absolute atomic E-state index is 0.404. The molecule has 0 atom stereocenters. The highest BCUT2D eigenvalue weighted by molar-refractivity contribution is 6.53. The monoisotopic (exact) mass is 830 g/mol. The van der Waals surface area contributed by atoms with Crippen LogP contribution in [-0.4, -0.2) is 55.5 Å². The summed E-state index contributed by atoms with van der Waals surface area (Å²) in [5.74, 6) is -53.0. The molecule has 0 spiro atoms. The highest BCUT2D eigenvalue weighted by Crippen LogP contribution is 2.20. The van der Waals surface area contributed by atoms with Crippen LogP contribution >= 0.6 is 0 Å². The third-order valence-corrected chi connectivity index (χ3v) is 8.25. The molecule has 55 heavy (non-hydrogen) atoms. The third-order valence-electron chi connectivity index (χ3n) is 6.71. The van der Waals surface area contributed by atoms with Gasteiger partial charge in [0.1, 0.15) is 0 Å². The molecular weight excluding hydrogens is 826 g/mol. The Morgan fingerprint density at radius 3 is 0.509 bits per heavy atom. The van der Waals surface area contributed by atoms with Gasteiger partial charge in [-0.25, -0.2) is 87.8 Å². The van der Waals surface area contributed by atoms with Crippen molar-refractivity contribution in [2.75, 3.05) is 0 Å². The van der Waals surface area contributed by atoms with Crippen molar-refractivity contribution in [1.29, 1.82) is 0 Å². The quantitative estimate of drug-likeness (QED) is 0.0641. The van der Waals surface area contributed by atoms with Gasteiger partial charge in [-0.1, -0.05) is 0 Å². The molecule has 0 aliphatic carbocycles. The van der Waals surface area contributed by atoms with E-state index in [9.17, 15) is 87.8 Å². The van der Waals surface area contributed by atoms with Crippen molar-refractivity contribution < 1.29 is 106 Å². The Labute approximate surface area is 300 Å². The molecule has 29 heteroatoms. The normalized spacial score (nSPS) is 11.5. The molecule has 4 radical (unpaired) electrons. The van der Waals surface area contributed by atoms with Gasteiger partial charge >= 0.3 is 45.1 Å². The van der Waals surface area contributed by atoms with Crippen LogP contribution in [0.1, 0.15) is 0 Å². The Bertz CT molecular complexity index is 1760. The standard InChI is InChI=1S/2C13HB2F10O2.Al.H/c2*16-4-2(5(17)9(21)12(24)8(4)20)14-26-1-27-15-3-6(18)10(22)13(25)11(23)7(3)19;;/h2*1H;;. The molecule has 0 saturated carbocycles. The summed E-state index contributed by atoms with van der Waals surface area (Å²) in [6.07, 6.45) is 0. The minimum Gasteiger partial charge on any atom is -0.425 e. The van der Waals surface area contributed by atoms with Gasteiger partial charge in [-0.05, 0) is 0 Å². The first-order valence-corrected chi connectivity index (χ1v) is 15.3. The van der Waals surface area contributed by atoms with E-state index < -0.39 is 194 Å². The van der Waals surface area contributed by atoms with Crippen molar-refractivity contribution in [3.8, 4) is 0 Å². The van der Waals surface area contributed by atoms with Gasteiger partial charge in [-0.2, -0.15) is 0 Å². The maximum absolute atomic E-state index is 14.3. The average Bonchev–Trinajstić information content (AvgIpc) is 3.16. The van der Waals surface area contributed by atoms with Crippen LogP contribution in [0.5, 0.6) is 0 Å². The molecule has 0 saturated heterocycles. The molecule has 0 aliphatic heterocycles. The van der Waals surface area contributed by atoms with E-state index in [2.05, 4.69) is 18.6 Å². The first-order chi connectivity index (χ1) is 25.6. The highest BCUT2D eigenvalue weighted by Gasteiger charge is 2.35. The number of benzene rings is 4. The van der Waals surface area contributed by atoms with E-state index >= 15 is 0 Å². The predicted molar refractivity (Wildman–Crippen MR) is 146 cm³/mol. The van der Waals surface area contributed by atoms with E-state index in [1.54, 1.807) is 0 Å². The van der Waals surface area contributed by atoms with E-state index in [1.165, 1.54) is 0 Å². The van der Waals surface area contributed by atoms with Gasteiger partial charge in [-0.15, -0.1) is 0 Å². The summed E-state index contributed by atoms with van der Waals surface area (Å²) in [4.78, 5) is 0. The second-order valence-electron chi connectivity index (χ2n) is 10.0. The Morgan fingerprint density at radius 2 is 0.364 bits per heavy atom. The predicted octanol–water partition coefficient (Wildman–Crippen LogP) is 3.62. The molecule has 4 nitrogen and oxygen atoms in total. The van der Waals surface area contributed by atoms with Gasteiger partial charge in [0, 0.05) is 21.9 Å². The Kier molecular flexibility index (Phi) is 13.9. The molecule has 0 heterocycles. The van der Waals surface area contributed by atoms with Crippen LogP contribution in [0.25, 0.3) is 0 Å². The summed E-state index contributed by atoms with van der Waals surface area (Å²) in [5.41, 5.74) is -7.91. The molecule has 286 valence electrons. The summed E-state index contributed by atoms with van der Waals surface area (Å²) in [6, 6.07) is 0. The zero-order valence-electron chi connectivity index (χ0n) is 25.4. The van der Waals surface area contributed by atoms with Gasteiger partial charge in [-0.3, -0.25) is 0 Å². The number of rotatable bonds is 14. The van der Waals surface area contributed by atoms with Crippen LogP contribution in [0, 0.1) is 116 Å². The van der Waals surface area contributed by atoms with Crippen molar-refractivity contribution in [2.24, 2.45) is 0 Å². The van der Waals surface area contributed by atoms with E-state index in [0.717, 1.165) is 0 Å². The Balaban J connectivity index is 1.76. The number of hydrogen-bond donors (Lipinski definition) is 0. The molecule has 4 aromatic rings. The fourth-order valence-electron chi connectivity index (χ4n) is 3.92. The van der Waals surface area contributed by atoms with Crippen molar-refractivity contribution in [2.45, 2.75) is 10.3 Å². The molecule has 0 bridgehead atoms. The molecule has 0 aromatic heterocycles. The van der Waals surface area contributed by atoms with E-state index in [1.807, 2.05) is 0 Å². The van der Waals surface area contributed by atoms with Gasteiger partial charge in [0.2, 0.25) is 0 Å². The average molecular weight is 829 g/mol. The minimum atomic E-state index is -3.47. The summed E-state index contributed by atoms with van der Waals surface area (Å²) < 4.78 is 297. The van der Waals surface area contributed by atoms with Crippen molar-refractivity contribution in [3.05, 3.63) is 116 Å². The smallest absolute Gasteiger partial charge is 0.401 e. The molecular formula is C26H3AlB4F20O4. The molecule has 4 aromatic carbocycles. The first-order valence-electron chi connectivity index (χ1n) is 13.6. The number of halogens is 20. The number of hydrogen-bond acceptors (Lipinski definition) is 4. The largest absolute Gasteiger partial charge is 0.425 e. The maximum Gasteiger partial charge on any atom is 0.401 e. The molecule has 0 fully saturated rings. The second kappa shape index (κ2) is 17.5. The van der Waals surface area contributed by atoms with Crippen LogP contribution in [-0.2, 0) is 18.6 Å². The molecule has 4 rings (SSSR count). The van der Waals surface area contributed by atoms with Crippen LogP contribution in [0.3, 0.4) is 0 Å².